The summed E-state index contributed by atoms with van der Waals surface area (Å²) in [6.45, 7) is 4.23. The number of nitrogens with one attached hydrogen (secondary N) is 1. The van der Waals surface area contributed by atoms with E-state index in [1.807, 2.05) is 29.8 Å². The molecule has 0 saturated heterocycles. The van der Waals surface area contributed by atoms with Gasteiger partial charge < -0.3 is 10.1 Å². The molecule has 0 atom stereocenters. The number of anilines is 1. The molecule has 138 valence electrons. The molecular weight excluding hydrogens is 332 g/mol. The maximum absolute atomic E-state index is 12.3. The lowest BCUT2D eigenvalue weighted by molar-refractivity contribution is -0.119. The third-order valence-electron chi connectivity index (χ3n) is 4.36. The van der Waals surface area contributed by atoms with Crippen molar-refractivity contribution in [3.8, 4) is 0 Å². The van der Waals surface area contributed by atoms with Crippen LogP contribution in [-0.4, -0.2) is 41.9 Å². The first kappa shape index (κ1) is 18.1. The summed E-state index contributed by atoms with van der Waals surface area (Å²) in [6, 6.07) is 9.29. The first-order valence-electron chi connectivity index (χ1n) is 8.79. The zero-order valence-corrected chi connectivity index (χ0v) is 15.2. The molecule has 0 radical (unpaired) electrons. The number of aryl methyl sites for hydroxylation is 2. The monoisotopic (exact) mass is 356 g/mol. The molecule has 1 aliphatic heterocycles. The largest absolute Gasteiger partial charge is 0.385 e. The minimum absolute atomic E-state index is 0.0948. The fourth-order valence-corrected chi connectivity index (χ4v) is 3.01. The Balaban J connectivity index is 1.64. The van der Waals surface area contributed by atoms with Crippen molar-refractivity contribution >= 4 is 17.6 Å². The van der Waals surface area contributed by atoms with Gasteiger partial charge in [0.25, 0.3) is 5.91 Å². The fourth-order valence-electron chi connectivity index (χ4n) is 3.01. The van der Waals surface area contributed by atoms with Crippen molar-refractivity contribution < 1.29 is 14.3 Å². The Hall–Kier alpha value is -2.67. The number of fused-ring (bicyclic) bond motifs is 1. The number of rotatable bonds is 7. The van der Waals surface area contributed by atoms with E-state index in [1.54, 1.807) is 24.1 Å². The summed E-state index contributed by atoms with van der Waals surface area (Å²) < 4.78 is 6.84. The average Bonchev–Trinajstić information content (AvgIpc) is 3.02. The minimum atomic E-state index is -0.101. The molecular formula is C19H24N4O3. The summed E-state index contributed by atoms with van der Waals surface area (Å²) in [5, 5.41) is 7.28. The molecule has 7 heteroatoms. The summed E-state index contributed by atoms with van der Waals surface area (Å²) in [5.74, 6) is 0.825. The topological polar surface area (TPSA) is 76.5 Å². The van der Waals surface area contributed by atoms with Crippen molar-refractivity contribution in [2.75, 3.05) is 25.2 Å². The number of methoxy groups -OCH3 is 1. The minimum Gasteiger partial charge on any atom is -0.385 e. The van der Waals surface area contributed by atoms with Gasteiger partial charge in [-0.15, -0.1) is 0 Å². The first-order chi connectivity index (χ1) is 12.6. The molecule has 2 amide bonds. The van der Waals surface area contributed by atoms with Crippen LogP contribution in [0.25, 0.3) is 0 Å². The summed E-state index contributed by atoms with van der Waals surface area (Å²) in [7, 11) is 1.64. The van der Waals surface area contributed by atoms with Gasteiger partial charge in [-0.05, 0) is 31.0 Å². The summed E-state index contributed by atoms with van der Waals surface area (Å²) >= 11 is 0. The van der Waals surface area contributed by atoms with Gasteiger partial charge in [-0.3, -0.25) is 14.5 Å². The van der Waals surface area contributed by atoms with E-state index in [9.17, 15) is 9.59 Å². The zero-order chi connectivity index (χ0) is 18.5. The number of ether oxygens (including phenoxy) is 1. The van der Waals surface area contributed by atoms with Crippen molar-refractivity contribution in [3.05, 3.63) is 47.2 Å². The van der Waals surface area contributed by atoms with Crippen LogP contribution in [0, 0.1) is 6.92 Å². The van der Waals surface area contributed by atoms with Crippen LogP contribution in [-0.2, 0) is 22.6 Å². The Morgan fingerprint density at radius 2 is 2.08 bits per heavy atom. The molecule has 1 aromatic carbocycles. The van der Waals surface area contributed by atoms with Gasteiger partial charge >= 0.3 is 0 Å². The van der Waals surface area contributed by atoms with E-state index in [0.29, 0.717) is 38.2 Å². The highest BCUT2D eigenvalue weighted by Crippen LogP contribution is 2.24. The predicted molar refractivity (Wildman–Crippen MR) is 98.0 cm³/mol. The highest BCUT2D eigenvalue weighted by molar-refractivity contribution is 5.95. The van der Waals surface area contributed by atoms with Crippen molar-refractivity contribution in [2.24, 2.45) is 0 Å². The van der Waals surface area contributed by atoms with Gasteiger partial charge in [0.05, 0.1) is 18.8 Å². The van der Waals surface area contributed by atoms with Crippen LogP contribution in [0.3, 0.4) is 0 Å². The van der Waals surface area contributed by atoms with Gasteiger partial charge in [0.15, 0.2) is 0 Å². The molecule has 2 aromatic rings. The van der Waals surface area contributed by atoms with Crippen LogP contribution >= 0.6 is 0 Å². The SMILES string of the molecule is COCCCNC(=O)c1ccc(CN2C(=O)CCn3nc(C)cc32)cc1. The number of aromatic nitrogens is 2. The molecule has 1 aliphatic rings. The Kier molecular flexibility index (Phi) is 5.68. The summed E-state index contributed by atoms with van der Waals surface area (Å²) in [5.41, 5.74) is 2.49. The fraction of sp³-hybridized carbons (Fsp3) is 0.421. The third kappa shape index (κ3) is 4.11. The number of hydrogen-bond donors (Lipinski definition) is 1. The van der Waals surface area contributed by atoms with E-state index in [0.717, 1.165) is 23.5 Å². The van der Waals surface area contributed by atoms with Gasteiger partial charge in [-0.25, -0.2) is 4.68 Å². The van der Waals surface area contributed by atoms with E-state index >= 15 is 0 Å². The van der Waals surface area contributed by atoms with E-state index in [2.05, 4.69) is 10.4 Å². The van der Waals surface area contributed by atoms with Gasteiger partial charge in [0.2, 0.25) is 5.91 Å². The van der Waals surface area contributed by atoms with Crippen LogP contribution in [0.5, 0.6) is 0 Å². The molecule has 0 spiro atoms. The van der Waals surface area contributed by atoms with Crippen LogP contribution in [0.1, 0.15) is 34.5 Å². The van der Waals surface area contributed by atoms with E-state index in [4.69, 9.17) is 4.74 Å². The maximum atomic E-state index is 12.3. The molecule has 1 N–H and O–H groups in total. The van der Waals surface area contributed by atoms with Crippen LogP contribution in [0.4, 0.5) is 5.82 Å². The highest BCUT2D eigenvalue weighted by Gasteiger charge is 2.25. The Morgan fingerprint density at radius 3 is 2.81 bits per heavy atom. The van der Waals surface area contributed by atoms with Gasteiger partial charge in [0, 0.05) is 38.3 Å². The molecule has 0 unspecified atom stereocenters. The Labute approximate surface area is 152 Å². The Morgan fingerprint density at radius 1 is 1.31 bits per heavy atom. The molecule has 0 bridgehead atoms. The Bertz CT molecular complexity index is 783. The highest BCUT2D eigenvalue weighted by atomic mass is 16.5. The van der Waals surface area contributed by atoms with Crippen LogP contribution < -0.4 is 10.2 Å². The maximum Gasteiger partial charge on any atom is 0.251 e. The number of carbonyl (C=O) groups is 2. The van der Waals surface area contributed by atoms with Crippen LogP contribution in [0.15, 0.2) is 30.3 Å². The smallest absolute Gasteiger partial charge is 0.251 e. The van der Waals surface area contributed by atoms with Gasteiger partial charge in [-0.1, -0.05) is 12.1 Å². The normalized spacial score (nSPS) is 13.6. The standard InChI is InChI=1S/C19H24N4O3/c1-14-12-17-22(18(24)8-10-23(17)21-14)13-15-4-6-16(7-5-15)19(25)20-9-3-11-26-2/h4-7,12H,3,8-11,13H2,1-2H3,(H,20,25). The second-order valence-corrected chi connectivity index (χ2v) is 6.40. The molecule has 2 heterocycles. The molecule has 7 nitrogen and oxygen atoms in total. The van der Waals surface area contributed by atoms with E-state index in [-0.39, 0.29) is 11.8 Å². The predicted octanol–water partition coefficient (Wildman–Crippen LogP) is 1.89. The first-order valence-corrected chi connectivity index (χ1v) is 8.79. The van der Waals surface area contributed by atoms with Crippen molar-refractivity contribution in [3.63, 3.8) is 0 Å². The summed E-state index contributed by atoms with van der Waals surface area (Å²) in [6.07, 6.45) is 1.24. The average molecular weight is 356 g/mol. The second kappa shape index (κ2) is 8.14. The van der Waals surface area contributed by atoms with E-state index in [1.165, 1.54) is 0 Å². The third-order valence-corrected chi connectivity index (χ3v) is 4.36. The number of carbonyl (C=O) groups excluding carboxylic acids is 2. The lowest BCUT2D eigenvalue weighted by Gasteiger charge is -2.27. The quantitative estimate of drug-likeness (QED) is 0.769. The lowest BCUT2D eigenvalue weighted by Crippen LogP contribution is -2.36. The van der Waals surface area contributed by atoms with Crippen molar-refractivity contribution in [1.82, 2.24) is 15.1 Å². The molecule has 3 rings (SSSR count). The number of benzene rings is 1. The summed E-state index contributed by atoms with van der Waals surface area (Å²) in [4.78, 5) is 26.2. The molecule has 26 heavy (non-hydrogen) atoms. The van der Waals surface area contributed by atoms with Crippen molar-refractivity contribution in [1.29, 1.82) is 0 Å². The van der Waals surface area contributed by atoms with Crippen LogP contribution in [0.2, 0.25) is 0 Å². The molecule has 0 aliphatic carbocycles. The van der Waals surface area contributed by atoms with Crippen molar-refractivity contribution in [2.45, 2.75) is 32.9 Å². The second-order valence-electron chi connectivity index (χ2n) is 6.40. The van der Waals surface area contributed by atoms with Gasteiger partial charge in [-0.2, -0.15) is 5.10 Å². The number of nitrogens with zero attached hydrogens (tertiary/aromatic N) is 3. The lowest BCUT2D eigenvalue weighted by atomic mass is 10.1. The zero-order valence-electron chi connectivity index (χ0n) is 15.2. The van der Waals surface area contributed by atoms with E-state index < -0.39 is 0 Å². The van der Waals surface area contributed by atoms with Gasteiger partial charge in [0.1, 0.15) is 5.82 Å². The number of amides is 2. The molecule has 0 fully saturated rings. The number of hydrogen-bond acceptors (Lipinski definition) is 4. The molecule has 1 aromatic heterocycles. The molecule has 0 saturated carbocycles.